The minimum absolute atomic E-state index is 0.0483. The van der Waals surface area contributed by atoms with Crippen LogP contribution in [0.3, 0.4) is 0 Å². The largest absolute Gasteiger partial charge is 0.452 e. The second kappa shape index (κ2) is 12.2. The Morgan fingerprint density at radius 3 is 2.43 bits per heavy atom. The van der Waals surface area contributed by atoms with Crippen molar-refractivity contribution in [2.75, 3.05) is 43.5 Å². The van der Waals surface area contributed by atoms with Crippen molar-refractivity contribution in [3.63, 3.8) is 0 Å². The maximum atomic E-state index is 12.9. The number of esters is 1. The molecule has 0 bridgehead atoms. The Balaban J connectivity index is 2.15. The van der Waals surface area contributed by atoms with Crippen LogP contribution in [0.4, 0.5) is 17.1 Å². The molecule has 0 unspecified atom stereocenters. The predicted molar refractivity (Wildman–Crippen MR) is 129 cm³/mol. The van der Waals surface area contributed by atoms with E-state index in [-0.39, 0.29) is 53.8 Å². The van der Waals surface area contributed by atoms with Gasteiger partial charge >= 0.3 is 5.97 Å². The Kier molecular flexibility index (Phi) is 9.68. The minimum atomic E-state index is -3.76. The summed E-state index contributed by atoms with van der Waals surface area (Å²) < 4.78 is 32.1. The molecule has 0 atom stereocenters. The van der Waals surface area contributed by atoms with E-state index in [4.69, 9.17) is 9.84 Å². The number of hydrogen-bond acceptors (Lipinski definition) is 9. The summed E-state index contributed by atoms with van der Waals surface area (Å²) in [6, 6.07) is 7.90. The Labute approximate surface area is 203 Å². The highest BCUT2D eigenvalue weighted by Crippen LogP contribution is 2.25. The SMILES string of the molecule is CCN(CC)S(=O)(=O)c1cc(NC(=O)COC(=O)c2cc([N+](=O)[O-])ccc2NCCO)ccc1C. The van der Waals surface area contributed by atoms with Gasteiger partial charge in [0, 0.05) is 43.1 Å². The lowest BCUT2D eigenvalue weighted by Gasteiger charge is -2.20. The molecule has 0 saturated carbocycles. The Bertz CT molecular complexity index is 1200. The van der Waals surface area contributed by atoms with Gasteiger partial charge in [0.05, 0.1) is 22.0 Å². The Morgan fingerprint density at radius 2 is 1.83 bits per heavy atom. The summed E-state index contributed by atoms with van der Waals surface area (Å²) in [7, 11) is -3.76. The van der Waals surface area contributed by atoms with E-state index in [2.05, 4.69) is 10.6 Å². The van der Waals surface area contributed by atoms with Crippen molar-refractivity contribution >= 4 is 39.0 Å². The number of aliphatic hydroxyl groups is 1. The van der Waals surface area contributed by atoms with Gasteiger partial charge in [-0.2, -0.15) is 4.31 Å². The van der Waals surface area contributed by atoms with Gasteiger partial charge in [-0.15, -0.1) is 0 Å². The average Bonchev–Trinajstić information content (AvgIpc) is 2.82. The molecule has 0 aliphatic carbocycles. The van der Waals surface area contributed by atoms with Crippen LogP contribution in [-0.4, -0.2) is 67.5 Å². The van der Waals surface area contributed by atoms with Crippen molar-refractivity contribution < 1.29 is 32.8 Å². The number of amides is 1. The topological polar surface area (TPSA) is 168 Å². The summed E-state index contributed by atoms with van der Waals surface area (Å²) in [5, 5.41) is 25.3. The van der Waals surface area contributed by atoms with E-state index < -0.39 is 33.4 Å². The molecular formula is C22H28N4O8S. The van der Waals surface area contributed by atoms with Crippen LogP contribution in [-0.2, 0) is 19.6 Å². The zero-order valence-corrected chi connectivity index (χ0v) is 20.4. The number of nitro benzene ring substituents is 1. The minimum Gasteiger partial charge on any atom is -0.452 e. The van der Waals surface area contributed by atoms with Crippen LogP contribution in [0.5, 0.6) is 0 Å². The fraction of sp³-hybridized carbons (Fsp3) is 0.364. The van der Waals surface area contributed by atoms with E-state index in [1.165, 1.54) is 28.6 Å². The highest BCUT2D eigenvalue weighted by atomic mass is 32.2. The number of nitro groups is 1. The van der Waals surface area contributed by atoms with Gasteiger partial charge in [0.15, 0.2) is 6.61 Å². The van der Waals surface area contributed by atoms with Crippen molar-refractivity contribution in [1.29, 1.82) is 0 Å². The van der Waals surface area contributed by atoms with Gasteiger partial charge in [-0.05, 0) is 30.7 Å². The molecule has 0 fully saturated rings. The van der Waals surface area contributed by atoms with Gasteiger partial charge in [0.2, 0.25) is 10.0 Å². The molecule has 0 saturated heterocycles. The number of sulfonamides is 1. The molecule has 3 N–H and O–H groups in total. The van der Waals surface area contributed by atoms with E-state index in [1.54, 1.807) is 26.8 Å². The molecule has 2 aromatic carbocycles. The fourth-order valence-corrected chi connectivity index (χ4v) is 4.93. The number of hydrogen-bond donors (Lipinski definition) is 3. The van der Waals surface area contributed by atoms with Crippen LogP contribution in [0, 0.1) is 17.0 Å². The number of aliphatic hydroxyl groups excluding tert-OH is 1. The second-order valence-corrected chi connectivity index (χ2v) is 9.24. The van der Waals surface area contributed by atoms with Crippen molar-refractivity contribution in [3.05, 3.63) is 57.6 Å². The third-order valence-corrected chi connectivity index (χ3v) is 7.18. The lowest BCUT2D eigenvalue weighted by atomic mass is 10.1. The molecule has 2 rings (SSSR count). The Morgan fingerprint density at radius 1 is 1.14 bits per heavy atom. The van der Waals surface area contributed by atoms with Gasteiger partial charge in [-0.25, -0.2) is 13.2 Å². The van der Waals surface area contributed by atoms with Crippen molar-refractivity contribution in [2.24, 2.45) is 0 Å². The van der Waals surface area contributed by atoms with Crippen LogP contribution in [0.2, 0.25) is 0 Å². The lowest BCUT2D eigenvalue weighted by molar-refractivity contribution is -0.384. The summed E-state index contributed by atoms with van der Waals surface area (Å²) in [5.41, 5.74) is 0.374. The van der Waals surface area contributed by atoms with Crippen molar-refractivity contribution in [3.8, 4) is 0 Å². The second-order valence-electron chi connectivity index (χ2n) is 7.33. The summed E-state index contributed by atoms with van der Waals surface area (Å²) >= 11 is 0. The van der Waals surface area contributed by atoms with Gasteiger partial charge < -0.3 is 20.5 Å². The average molecular weight is 509 g/mol. The summed E-state index contributed by atoms with van der Waals surface area (Å²) in [4.78, 5) is 35.3. The van der Waals surface area contributed by atoms with E-state index in [1.807, 2.05) is 0 Å². The molecule has 12 nitrogen and oxygen atoms in total. The third-order valence-electron chi connectivity index (χ3n) is 4.99. The Hall–Kier alpha value is -3.55. The zero-order valence-electron chi connectivity index (χ0n) is 19.6. The summed E-state index contributed by atoms with van der Waals surface area (Å²) in [6.45, 7) is 4.81. The number of nitrogens with one attached hydrogen (secondary N) is 2. The highest BCUT2D eigenvalue weighted by molar-refractivity contribution is 7.89. The van der Waals surface area contributed by atoms with Crippen LogP contribution in [0.25, 0.3) is 0 Å². The first kappa shape index (κ1) is 27.7. The van der Waals surface area contributed by atoms with Crippen molar-refractivity contribution in [2.45, 2.75) is 25.7 Å². The van der Waals surface area contributed by atoms with E-state index >= 15 is 0 Å². The molecule has 0 aliphatic heterocycles. The first-order valence-corrected chi connectivity index (χ1v) is 12.2. The maximum Gasteiger partial charge on any atom is 0.341 e. The normalized spacial score (nSPS) is 11.2. The number of carbonyl (C=O) groups excluding carboxylic acids is 2. The lowest BCUT2D eigenvalue weighted by Crippen LogP contribution is -2.31. The highest BCUT2D eigenvalue weighted by Gasteiger charge is 2.24. The standard InChI is InChI=1S/C22H28N4O8S/c1-4-25(5-2)35(32,33)20-12-16(7-6-15(20)3)24-21(28)14-34-22(29)18-13-17(26(30)31)8-9-19(18)23-10-11-27/h6-9,12-13,23,27H,4-5,10-11,14H2,1-3H3,(H,24,28). The number of non-ortho nitro benzene ring substituents is 1. The zero-order chi connectivity index (χ0) is 26.2. The molecule has 2 aromatic rings. The number of carbonyl (C=O) groups is 2. The van der Waals surface area contributed by atoms with Crippen molar-refractivity contribution in [1.82, 2.24) is 4.31 Å². The predicted octanol–water partition coefficient (Wildman–Crippen LogP) is 2.13. The number of benzene rings is 2. The quantitative estimate of drug-likeness (QED) is 0.221. The number of nitrogens with zero attached hydrogens (tertiary/aromatic N) is 2. The summed E-state index contributed by atoms with van der Waals surface area (Å²) in [6.07, 6.45) is 0. The smallest absolute Gasteiger partial charge is 0.341 e. The first-order chi connectivity index (χ1) is 16.5. The molecular weight excluding hydrogens is 480 g/mol. The van der Waals surface area contributed by atoms with Crippen LogP contribution < -0.4 is 10.6 Å². The molecule has 0 aliphatic rings. The fourth-order valence-electron chi connectivity index (χ4n) is 3.22. The van der Waals surface area contributed by atoms with Gasteiger partial charge in [0.25, 0.3) is 11.6 Å². The molecule has 35 heavy (non-hydrogen) atoms. The van der Waals surface area contributed by atoms with E-state index in [0.29, 0.717) is 5.56 Å². The van der Waals surface area contributed by atoms with Gasteiger partial charge in [0.1, 0.15) is 0 Å². The number of rotatable bonds is 12. The molecule has 0 aromatic heterocycles. The molecule has 190 valence electrons. The molecule has 0 radical (unpaired) electrons. The number of anilines is 2. The monoisotopic (exact) mass is 508 g/mol. The maximum absolute atomic E-state index is 12.9. The molecule has 1 amide bonds. The molecule has 0 heterocycles. The van der Waals surface area contributed by atoms with E-state index in [0.717, 1.165) is 6.07 Å². The third kappa shape index (κ3) is 6.97. The van der Waals surface area contributed by atoms with Crippen LogP contribution in [0.15, 0.2) is 41.3 Å². The number of ether oxygens (including phenoxy) is 1. The van der Waals surface area contributed by atoms with E-state index in [9.17, 15) is 28.1 Å². The summed E-state index contributed by atoms with van der Waals surface area (Å²) in [5.74, 6) is -1.72. The van der Waals surface area contributed by atoms with Crippen LogP contribution >= 0.6 is 0 Å². The molecule has 13 heteroatoms. The van der Waals surface area contributed by atoms with Crippen LogP contribution in [0.1, 0.15) is 29.8 Å². The molecule has 0 spiro atoms. The van der Waals surface area contributed by atoms with Gasteiger partial charge in [-0.1, -0.05) is 19.9 Å². The first-order valence-electron chi connectivity index (χ1n) is 10.8. The van der Waals surface area contributed by atoms with Gasteiger partial charge in [-0.3, -0.25) is 14.9 Å². The number of aryl methyl sites for hydroxylation is 1.